The molecule has 0 bridgehead atoms. The first-order valence-corrected chi connectivity index (χ1v) is 8.43. The van der Waals surface area contributed by atoms with Gasteiger partial charge in [-0.1, -0.05) is 42.5 Å². The molecule has 2 aromatic rings. The second kappa shape index (κ2) is 8.11. The summed E-state index contributed by atoms with van der Waals surface area (Å²) in [6.45, 7) is 1.81. The van der Waals surface area contributed by atoms with Crippen LogP contribution in [0.3, 0.4) is 0 Å². The molecule has 0 spiro atoms. The molecule has 1 atom stereocenters. The van der Waals surface area contributed by atoms with Crippen molar-refractivity contribution >= 4 is 0 Å². The van der Waals surface area contributed by atoms with Crippen molar-refractivity contribution < 1.29 is 9.13 Å². The number of hydrogen-bond acceptors (Lipinski definition) is 2. The van der Waals surface area contributed by atoms with E-state index in [2.05, 4.69) is 47.8 Å². The van der Waals surface area contributed by atoms with Crippen molar-refractivity contribution in [2.75, 3.05) is 26.4 Å². The lowest BCUT2D eigenvalue weighted by Crippen LogP contribution is -2.31. The molecule has 23 heavy (non-hydrogen) atoms. The predicted molar refractivity (Wildman–Crippen MR) is 91.8 cm³/mol. The van der Waals surface area contributed by atoms with Gasteiger partial charge in [0, 0.05) is 5.92 Å². The monoisotopic (exact) mass is 313 g/mol. The van der Waals surface area contributed by atoms with Gasteiger partial charge in [-0.3, -0.25) is 0 Å². The summed E-state index contributed by atoms with van der Waals surface area (Å²) in [6, 6.07) is 18.9. The molecule has 0 radical (unpaired) electrons. The Bertz CT molecular complexity index is 596. The highest BCUT2D eigenvalue weighted by Crippen LogP contribution is 2.37. The SMILES string of the molecule is FCCOc1cccc([C@H](c2ccccc2)C2CCNCC2)c1. The largest absolute Gasteiger partial charge is 0.491 e. The van der Waals surface area contributed by atoms with Gasteiger partial charge in [-0.25, -0.2) is 4.39 Å². The van der Waals surface area contributed by atoms with E-state index >= 15 is 0 Å². The molecular weight excluding hydrogens is 289 g/mol. The van der Waals surface area contributed by atoms with Crippen LogP contribution in [0.25, 0.3) is 0 Å². The molecule has 1 fully saturated rings. The summed E-state index contributed by atoms with van der Waals surface area (Å²) < 4.78 is 17.8. The van der Waals surface area contributed by atoms with Crippen LogP contribution in [0.15, 0.2) is 54.6 Å². The molecule has 0 aliphatic carbocycles. The number of halogens is 1. The Morgan fingerprint density at radius 2 is 1.74 bits per heavy atom. The van der Waals surface area contributed by atoms with E-state index in [4.69, 9.17) is 4.74 Å². The van der Waals surface area contributed by atoms with Crippen molar-refractivity contribution in [1.29, 1.82) is 0 Å². The Morgan fingerprint density at radius 1 is 1.00 bits per heavy atom. The molecule has 0 aromatic heterocycles. The van der Waals surface area contributed by atoms with Crippen LogP contribution in [0.4, 0.5) is 4.39 Å². The van der Waals surface area contributed by atoms with Crippen LogP contribution >= 0.6 is 0 Å². The van der Waals surface area contributed by atoms with Gasteiger partial charge in [0.15, 0.2) is 0 Å². The topological polar surface area (TPSA) is 21.3 Å². The molecule has 2 aromatic carbocycles. The van der Waals surface area contributed by atoms with E-state index in [-0.39, 0.29) is 6.61 Å². The van der Waals surface area contributed by atoms with Crippen molar-refractivity contribution in [3.63, 3.8) is 0 Å². The third-order valence-electron chi connectivity index (χ3n) is 4.58. The van der Waals surface area contributed by atoms with Crippen LogP contribution in [0, 0.1) is 5.92 Å². The Labute approximate surface area is 137 Å². The van der Waals surface area contributed by atoms with Crippen LogP contribution in [0.5, 0.6) is 5.75 Å². The predicted octanol–water partition coefficient (Wildman–Crippen LogP) is 4.17. The fraction of sp³-hybridized carbons (Fsp3) is 0.400. The van der Waals surface area contributed by atoms with E-state index in [1.807, 2.05) is 12.1 Å². The second-order valence-electron chi connectivity index (χ2n) is 6.09. The third-order valence-corrected chi connectivity index (χ3v) is 4.58. The molecule has 0 saturated carbocycles. The van der Waals surface area contributed by atoms with Gasteiger partial charge >= 0.3 is 0 Å². The molecule has 1 N–H and O–H groups in total. The van der Waals surface area contributed by atoms with Gasteiger partial charge in [-0.15, -0.1) is 0 Å². The molecular formula is C20H24FNO. The maximum absolute atomic E-state index is 12.4. The number of rotatable bonds is 6. The Morgan fingerprint density at radius 3 is 2.48 bits per heavy atom. The molecule has 1 heterocycles. The molecule has 1 aliphatic rings. The minimum absolute atomic E-state index is 0.118. The lowest BCUT2D eigenvalue weighted by Gasteiger charge is -2.31. The Kier molecular flexibility index (Phi) is 5.65. The maximum atomic E-state index is 12.4. The first-order valence-electron chi connectivity index (χ1n) is 8.43. The normalized spacial score (nSPS) is 16.9. The maximum Gasteiger partial charge on any atom is 0.123 e. The number of piperidine rings is 1. The number of hydrogen-bond donors (Lipinski definition) is 1. The third kappa shape index (κ3) is 4.11. The Hall–Kier alpha value is -1.87. The van der Waals surface area contributed by atoms with Gasteiger partial charge in [-0.05, 0) is 55.1 Å². The molecule has 1 saturated heterocycles. The smallest absolute Gasteiger partial charge is 0.123 e. The van der Waals surface area contributed by atoms with Gasteiger partial charge in [0.25, 0.3) is 0 Å². The van der Waals surface area contributed by atoms with Gasteiger partial charge < -0.3 is 10.1 Å². The quantitative estimate of drug-likeness (QED) is 0.864. The van der Waals surface area contributed by atoms with Gasteiger partial charge in [-0.2, -0.15) is 0 Å². The van der Waals surface area contributed by atoms with E-state index < -0.39 is 6.67 Å². The zero-order valence-electron chi connectivity index (χ0n) is 13.4. The minimum Gasteiger partial charge on any atom is -0.491 e. The molecule has 3 heteroatoms. The van der Waals surface area contributed by atoms with Crippen LogP contribution in [-0.2, 0) is 0 Å². The van der Waals surface area contributed by atoms with Crippen LogP contribution in [-0.4, -0.2) is 26.4 Å². The number of alkyl halides is 1. The highest BCUT2D eigenvalue weighted by molar-refractivity contribution is 5.38. The van der Waals surface area contributed by atoms with Crippen molar-refractivity contribution in [2.24, 2.45) is 5.92 Å². The average molecular weight is 313 g/mol. The Balaban J connectivity index is 1.91. The highest BCUT2D eigenvalue weighted by atomic mass is 19.1. The summed E-state index contributed by atoms with van der Waals surface area (Å²) in [5.74, 6) is 1.75. The second-order valence-corrected chi connectivity index (χ2v) is 6.09. The van der Waals surface area contributed by atoms with Gasteiger partial charge in [0.2, 0.25) is 0 Å². The summed E-state index contributed by atoms with van der Waals surface area (Å²) in [5, 5.41) is 3.45. The summed E-state index contributed by atoms with van der Waals surface area (Å²) in [4.78, 5) is 0. The van der Waals surface area contributed by atoms with Gasteiger partial charge in [0.1, 0.15) is 19.0 Å². The standard InChI is InChI=1S/C20H24FNO/c21-11-14-23-19-8-4-7-18(15-19)20(16-5-2-1-3-6-16)17-9-12-22-13-10-17/h1-8,15,17,20,22H,9-14H2/t20-/m1/s1. The molecule has 0 amide bonds. The highest BCUT2D eigenvalue weighted by Gasteiger charge is 2.26. The van der Waals surface area contributed by atoms with Gasteiger partial charge in [0.05, 0.1) is 0 Å². The average Bonchev–Trinajstić information content (AvgIpc) is 2.62. The van der Waals surface area contributed by atoms with E-state index in [0.717, 1.165) is 18.8 Å². The molecule has 0 unspecified atom stereocenters. The molecule has 2 nitrogen and oxygen atoms in total. The zero-order chi connectivity index (χ0) is 15.9. The van der Waals surface area contributed by atoms with Crippen molar-refractivity contribution in [1.82, 2.24) is 5.32 Å². The lowest BCUT2D eigenvalue weighted by molar-refractivity contribution is 0.272. The fourth-order valence-corrected chi connectivity index (χ4v) is 3.53. The number of benzene rings is 2. The van der Waals surface area contributed by atoms with Crippen LogP contribution in [0.2, 0.25) is 0 Å². The van der Waals surface area contributed by atoms with E-state index in [1.165, 1.54) is 24.0 Å². The minimum atomic E-state index is -0.458. The van der Waals surface area contributed by atoms with Crippen molar-refractivity contribution in [3.8, 4) is 5.75 Å². The van der Waals surface area contributed by atoms with Crippen molar-refractivity contribution in [2.45, 2.75) is 18.8 Å². The van der Waals surface area contributed by atoms with Crippen LogP contribution in [0.1, 0.15) is 29.9 Å². The number of ether oxygens (including phenoxy) is 1. The fourth-order valence-electron chi connectivity index (χ4n) is 3.53. The molecule has 3 rings (SSSR count). The summed E-state index contributed by atoms with van der Waals surface area (Å²) in [5.41, 5.74) is 2.61. The lowest BCUT2D eigenvalue weighted by atomic mass is 9.76. The first-order chi connectivity index (χ1) is 11.4. The molecule has 122 valence electrons. The summed E-state index contributed by atoms with van der Waals surface area (Å²) in [6.07, 6.45) is 2.35. The van der Waals surface area contributed by atoms with E-state index in [0.29, 0.717) is 11.8 Å². The number of nitrogens with one attached hydrogen (secondary N) is 1. The summed E-state index contributed by atoms with van der Waals surface area (Å²) >= 11 is 0. The van der Waals surface area contributed by atoms with Crippen molar-refractivity contribution in [3.05, 3.63) is 65.7 Å². The van der Waals surface area contributed by atoms with Crippen LogP contribution < -0.4 is 10.1 Å². The van der Waals surface area contributed by atoms with E-state index in [1.54, 1.807) is 0 Å². The summed E-state index contributed by atoms with van der Waals surface area (Å²) in [7, 11) is 0. The zero-order valence-corrected chi connectivity index (χ0v) is 13.4. The first kappa shape index (κ1) is 16.0. The molecule has 1 aliphatic heterocycles. The van der Waals surface area contributed by atoms with E-state index in [9.17, 15) is 4.39 Å².